The molecule has 4 aromatic rings. The smallest absolute Gasteiger partial charge is 0.255 e. The van der Waals surface area contributed by atoms with Crippen LogP contribution in [0, 0.1) is 0 Å². The Labute approximate surface area is 235 Å². The highest BCUT2D eigenvalue weighted by molar-refractivity contribution is 5.96. The molecule has 1 saturated carbocycles. The second kappa shape index (κ2) is 11.7. The molecule has 208 valence electrons. The first-order chi connectivity index (χ1) is 19.6. The van der Waals surface area contributed by atoms with Crippen LogP contribution in [-0.4, -0.2) is 62.6 Å². The summed E-state index contributed by atoms with van der Waals surface area (Å²) in [6.45, 7) is 4.70. The normalized spacial score (nSPS) is 16.8. The summed E-state index contributed by atoms with van der Waals surface area (Å²) in [7, 11) is 0. The van der Waals surface area contributed by atoms with Crippen molar-refractivity contribution in [2.45, 2.75) is 57.0 Å². The number of phenolic OH excluding ortho intramolecular Hbond substituents is 1. The van der Waals surface area contributed by atoms with E-state index in [-0.39, 0.29) is 17.2 Å². The van der Waals surface area contributed by atoms with E-state index in [0.717, 1.165) is 81.0 Å². The quantitative estimate of drug-likeness (QED) is 0.245. The van der Waals surface area contributed by atoms with E-state index in [2.05, 4.69) is 56.5 Å². The molecule has 6 rings (SSSR count). The van der Waals surface area contributed by atoms with Gasteiger partial charge in [0.25, 0.3) is 5.91 Å². The second-order valence-corrected chi connectivity index (χ2v) is 11.2. The Hall–Kier alpha value is -3.91. The summed E-state index contributed by atoms with van der Waals surface area (Å²) in [6.07, 6.45) is 9.14. The Bertz CT molecular complexity index is 1450. The van der Waals surface area contributed by atoms with E-state index >= 15 is 0 Å². The lowest BCUT2D eigenvalue weighted by Gasteiger charge is -2.32. The summed E-state index contributed by atoms with van der Waals surface area (Å²) in [5.41, 5.74) is 2.84. The number of benzene rings is 2. The van der Waals surface area contributed by atoms with Crippen molar-refractivity contribution in [3.63, 3.8) is 0 Å². The average Bonchev–Trinajstić information content (AvgIpc) is 3.64. The van der Waals surface area contributed by atoms with Crippen LogP contribution in [0.3, 0.4) is 0 Å². The third-order valence-electron chi connectivity index (χ3n) is 8.31. The molecular formula is C32H38N6O2. The molecule has 1 aliphatic heterocycles. The number of amides is 1. The number of aromatic amines is 1. The highest BCUT2D eigenvalue weighted by Crippen LogP contribution is 2.45. The number of aryl methyl sites for hydroxylation is 1. The lowest BCUT2D eigenvalue weighted by Crippen LogP contribution is -2.43. The molecule has 2 aromatic carbocycles. The summed E-state index contributed by atoms with van der Waals surface area (Å²) in [4.78, 5) is 30.8. The van der Waals surface area contributed by atoms with Crippen LogP contribution in [0.2, 0.25) is 0 Å². The van der Waals surface area contributed by atoms with Gasteiger partial charge >= 0.3 is 0 Å². The number of hydrogen-bond donors (Lipinski definition) is 3. The molecular weight excluding hydrogens is 500 g/mol. The summed E-state index contributed by atoms with van der Waals surface area (Å²) in [5, 5.41) is 13.9. The fourth-order valence-corrected chi connectivity index (χ4v) is 5.94. The number of H-pyrrole nitrogens is 1. The first kappa shape index (κ1) is 26.3. The SMILES string of the molecule is O=C(NCCCCCc1nc(N2CCCN(Cc3ccccc3)C3(CC3)C2)c2cc[nH]c2n1)c1ccccc1O. The van der Waals surface area contributed by atoms with E-state index < -0.39 is 0 Å². The number of unbranched alkanes of at least 4 members (excludes halogenated alkanes) is 2. The predicted octanol–water partition coefficient (Wildman–Crippen LogP) is 5.05. The highest BCUT2D eigenvalue weighted by Gasteiger charge is 2.50. The number of phenols is 1. The second-order valence-electron chi connectivity index (χ2n) is 11.2. The fourth-order valence-electron chi connectivity index (χ4n) is 5.94. The van der Waals surface area contributed by atoms with Gasteiger partial charge in [0.05, 0.1) is 10.9 Å². The first-order valence-corrected chi connectivity index (χ1v) is 14.6. The van der Waals surface area contributed by atoms with Gasteiger partial charge in [-0.2, -0.15) is 0 Å². The lowest BCUT2D eigenvalue weighted by atomic mass is 10.1. The summed E-state index contributed by atoms with van der Waals surface area (Å²) in [5.74, 6) is 1.70. The van der Waals surface area contributed by atoms with E-state index in [1.807, 2.05) is 6.20 Å². The minimum absolute atomic E-state index is 0.00794. The molecule has 1 saturated heterocycles. The molecule has 0 unspecified atom stereocenters. The Morgan fingerprint density at radius 1 is 0.975 bits per heavy atom. The average molecular weight is 539 g/mol. The number of nitrogens with zero attached hydrogens (tertiary/aromatic N) is 4. The van der Waals surface area contributed by atoms with Crippen molar-refractivity contribution < 1.29 is 9.90 Å². The van der Waals surface area contributed by atoms with Gasteiger partial charge in [-0.25, -0.2) is 9.97 Å². The van der Waals surface area contributed by atoms with Gasteiger partial charge in [0.1, 0.15) is 23.0 Å². The van der Waals surface area contributed by atoms with E-state index in [1.165, 1.54) is 24.5 Å². The van der Waals surface area contributed by atoms with Gasteiger partial charge in [0, 0.05) is 50.9 Å². The van der Waals surface area contributed by atoms with Crippen molar-refractivity contribution in [3.8, 4) is 5.75 Å². The third kappa shape index (κ3) is 5.82. The van der Waals surface area contributed by atoms with Crippen LogP contribution < -0.4 is 10.2 Å². The number of rotatable bonds is 10. The van der Waals surface area contributed by atoms with Gasteiger partial charge in [-0.3, -0.25) is 9.69 Å². The van der Waals surface area contributed by atoms with Gasteiger partial charge in [-0.15, -0.1) is 0 Å². The Kier molecular flexibility index (Phi) is 7.68. The number of aromatic hydroxyl groups is 1. The van der Waals surface area contributed by atoms with Gasteiger partial charge < -0.3 is 20.3 Å². The van der Waals surface area contributed by atoms with Crippen molar-refractivity contribution >= 4 is 22.8 Å². The summed E-state index contributed by atoms with van der Waals surface area (Å²) < 4.78 is 0. The molecule has 40 heavy (non-hydrogen) atoms. The minimum Gasteiger partial charge on any atom is -0.507 e. The highest BCUT2D eigenvalue weighted by atomic mass is 16.3. The largest absolute Gasteiger partial charge is 0.507 e. The summed E-state index contributed by atoms with van der Waals surface area (Å²) in [6, 6.07) is 19.6. The van der Waals surface area contributed by atoms with E-state index in [9.17, 15) is 9.90 Å². The van der Waals surface area contributed by atoms with Crippen LogP contribution in [0.25, 0.3) is 11.0 Å². The maximum absolute atomic E-state index is 12.3. The molecule has 0 bridgehead atoms. The number of nitrogens with one attached hydrogen (secondary N) is 2. The Balaban J connectivity index is 1.07. The number of fused-ring (bicyclic) bond motifs is 1. The monoisotopic (exact) mass is 538 g/mol. The van der Waals surface area contributed by atoms with E-state index in [1.54, 1.807) is 18.2 Å². The maximum Gasteiger partial charge on any atom is 0.255 e. The maximum atomic E-state index is 12.3. The molecule has 1 spiro atoms. The van der Waals surface area contributed by atoms with Gasteiger partial charge in [-0.1, -0.05) is 48.9 Å². The van der Waals surface area contributed by atoms with Gasteiger partial charge in [0.2, 0.25) is 0 Å². The van der Waals surface area contributed by atoms with Crippen LogP contribution >= 0.6 is 0 Å². The topological polar surface area (TPSA) is 97.4 Å². The van der Waals surface area contributed by atoms with Crippen molar-refractivity contribution in [3.05, 3.63) is 83.8 Å². The number of hydrogen-bond acceptors (Lipinski definition) is 6. The fraction of sp³-hybridized carbons (Fsp3) is 0.406. The zero-order valence-electron chi connectivity index (χ0n) is 23.0. The molecule has 8 heteroatoms. The molecule has 2 aromatic heterocycles. The molecule has 8 nitrogen and oxygen atoms in total. The van der Waals surface area contributed by atoms with Crippen LogP contribution in [0.4, 0.5) is 5.82 Å². The summed E-state index contributed by atoms with van der Waals surface area (Å²) >= 11 is 0. The molecule has 0 radical (unpaired) electrons. The molecule has 3 N–H and O–H groups in total. The Morgan fingerprint density at radius 2 is 1.80 bits per heavy atom. The minimum atomic E-state index is -0.239. The van der Waals surface area contributed by atoms with Crippen molar-refractivity contribution in [1.29, 1.82) is 0 Å². The van der Waals surface area contributed by atoms with Gasteiger partial charge in [-0.05, 0) is 55.9 Å². The van der Waals surface area contributed by atoms with E-state index in [4.69, 9.17) is 9.97 Å². The molecule has 2 fully saturated rings. The predicted molar refractivity (Wildman–Crippen MR) is 158 cm³/mol. The zero-order valence-corrected chi connectivity index (χ0v) is 23.0. The van der Waals surface area contributed by atoms with Crippen molar-refractivity contribution in [1.82, 2.24) is 25.2 Å². The van der Waals surface area contributed by atoms with E-state index in [0.29, 0.717) is 12.1 Å². The number of aromatic nitrogens is 3. The standard InChI is InChI=1S/C32H38N6O2/c39-27-13-7-6-12-25(27)31(40)34-18-8-2-5-14-28-35-29-26(15-19-33-29)30(36-28)37-20-9-21-38(32(23-37)16-17-32)22-24-10-3-1-4-11-24/h1,3-4,6-7,10-13,15,19,39H,2,5,8-9,14,16-18,20-23H2,(H,34,40)(H,33,35,36). The lowest BCUT2D eigenvalue weighted by molar-refractivity contribution is 0.0950. The van der Waals surface area contributed by atoms with Crippen molar-refractivity contribution in [2.24, 2.45) is 0 Å². The van der Waals surface area contributed by atoms with Crippen LogP contribution in [0.15, 0.2) is 66.9 Å². The van der Waals surface area contributed by atoms with Gasteiger partial charge in [0.15, 0.2) is 0 Å². The molecule has 3 heterocycles. The first-order valence-electron chi connectivity index (χ1n) is 14.6. The van der Waals surface area contributed by atoms with Crippen molar-refractivity contribution in [2.75, 3.05) is 31.1 Å². The number of para-hydroxylation sites is 1. The molecule has 1 aliphatic carbocycles. The van der Waals surface area contributed by atoms with Crippen LogP contribution in [0.1, 0.15) is 60.3 Å². The number of carbonyl (C=O) groups excluding carboxylic acids is 1. The Morgan fingerprint density at radius 3 is 2.62 bits per heavy atom. The molecule has 0 atom stereocenters. The number of carbonyl (C=O) groups is 1. The van der Waals surface area contributed by atoms with Crippen LogP contribution in [0.5, 0.6) is 5.75 Å². The molecule has 2 aliphatic rings. The van der Waals surface area contributed by atoms with Crippen LogP contribution in [-0.2, 0) is 13.0 Å². The third-order valence-corrected chi connectivity index (χ3v) is 8.31. The molecule has 1 amide bonds. The number of anilines is 1. The zero-order chi connectivity index (χ0) is 27.4.